The minimum atomic E-state index is 0.923. The van der Waals surface area contributed by atoms with Crippen LogP contribution in [0.5, 0.6) is 5.75 Å². The molecule has 1 aliphatic carbocycles. The Morgan fingerprint density at radius 3 is 2.88 bits per heavy atom. The third-order valence-corrected chi connectivity index (χ3v) is 3.18. The smallest absolute Gasteiger partial charge is 0.119 e. The van der Waals surface area contributed by atoms with Crippen molar-refractivity contribution >= 4 is 16.8 Å². The van der Waals surface area contributed by atoms with E-state index >= 15 is 0 Å². The Labute approximate surface area is 95.4 Å². The molecule has 0 saturated carbocycles. The molecule has 0 heterocycles. The first-order valence-corrected chi connectivity index (χ1v) is 5.64. The second kappa shape index (κ2) is 3.67. The summed E-state index contributed by atoms with van der Waals surface area (Å²) in [5.74, 6) is 0.923. The summed E-state index contributed by atoms with van der Waals surface area (Å²) in [5.41, 5.74) is 2.81. The van der Waals surface area contributed by atoms with Crippen molar-refractivity contribution in [2.24, 2.45) is 0 Å². The zero-order chi connectivity index (χ0) is 11.0. The first kappa shape index (κ1) is 9.46. The number of benzene rings is 2. The molecule has 0 bridgehead atoms. The van der Waals surface area contributed by atoms with Gasteiger partial charge in [-0.15, -0.1) is 0 Å². The van der Waals surface area contributed by atoms with Crippen LogP contribution in [0.2, 0.25) is 0 Å². The molecule has 80 valence electrons. The van der Waals surface area contributed by atoms with Gasteiger partial charge in [-0.3, -0.25) is 0 Å². The van der Waals surface area contributed by atoms with Gasteiger partial charge in [0.2, 0.25) is 0 Å². The third kappa shape index (κ3) is 1.49. The predicted molar refractivity (Wildman–Crippen MR) is 67.9 cm³/mol. The summed E-state index contributed by atoms with van der Waals surface area (Å²) in [6, 6.07) is 10.8. The highest BCUT2D eigenvalue weighted by atomic mass is 16.5. The van der Waals surface area contributed by atoms with Crippen LogP contribution in [-0.2, 0) is 6.42 Å². The number of aryl methyl sites for hydroxylation is 1. The van der Waals surface area contributed by atoms with Crippen LogP contribution in [0, 0.1) is 0 Å². The van der Waals surface area contributed by atoms with Crippen LogP contribution in [0.4, 0.5) is 0 Å². The Bertz CT molecular complexity index is 567. The zero-order valence-electron chi connectivity index (χ0n) is 9.36. The van der Waals surface area contributed by atoms with E-state index in [1.807, 2.05) is 6.07 Å². The number of ether oxygens (including phenoxy) is 1. The average molecular weight is 210 g/mol. The number of hydrogen-bond acceptors (Lipinski definition) is 1. The second-order valence-electron chi connectivity index (χ2n) is 4.21. The Morgan fingerprint density at radius 2 is 2.00 bits per heavy atom. The first-order valence-electron chi connectivity index (χ1n) is 5.64. The molecule has 0 aliphatic heterocycles. The summed E-state index contributed by atoms with van der Waals surface area (Å²) in [5, 5.41) is 2.56. The average Bonchev–Trinajstić information content (AvgIpc) is 2.35. The van der Waals surface area contributed by atoms with E-state index in [4.69, 9.17) is 4.74 Å². The molecule has 0 saturated heterocycles. The van der Waals surface area contributed by atoms with Crippen LogP contribution in [-0.4, -0.2) is 7.11 Å². The van der Waals surface area contributed by atoms with Crippen molar-refractivity contribution in [1.29, 1.82) is 0 Å². The zero-order valence-corrected chi connectivity index (χ0v) is 9.36. The van der Waals surface area contributed by atoms with Gasteiger partial charge in [0.05, 0.1) is 7.11 Å². The van der Waals surface area contributed by atoms with Gasteiger partial charge in [-0.25, -0.2) is 0 Å². The van der Waals surface area contributed by atoms with E-state index in [2.05, 4.69) is 36.4 Å². The molecular formula is C15H14O. The first-order chi connectivity index (χ1) is 7.86. The van der Waals surface area contributed by atoms with Crippen LogP contribution in [0.25, 0.3) is 16.8 Å². The fraction of sp³-hybridized carbons (Fsp3) is 0.200. The van der Waals surface area contributed by atoms with Crippen molar-refractivity contribution in [3.8, 4) is 5.75 Å². The van der Waals surface area contributed by atoms with Gasteiger partial charge in [0.15, 0.2) is 0 Å². The van der Waals surface area contributed by atoms with Crippen molar-refractivity contribution in [2.75, 3.05) is 7.11 Å². The SMILES string of the molecule is COc1ccc2cc3c(cc2c1)C=CCC3. The normalized spacial score (nSPS) is 13.8. The number of methoxy groups -OCH3 is 1. The van der Waals surface area contributed by atoms with Crippen molar-refractivity contribution < 1.29 is 4.74 Å². The molecule has 0 aromatic heterocycles. The molecule has 0 amide bonds. The van der Waals surface area contributed by atoms with E-state index in [0.717, 1.165) is 18.6 Å². The Balaban J connectivity index is 2.24. The lowest BCUT2D eigenvalue weighted by molar-refractivity contribution is 0.415. The van der Waals surface area contributed by atoms with E-state index < -0.39 is 0 Å². The van der Waals surface area contributed by atoms with Gasteiger partial charge in [-0.2, -0.15) is 0 Å². The highest BCUT2D eigenvalue weighted by Crippen LogP contribution is 2.27. The van der Waals surface area contributed by atoms with Crippen LogP contribution >= 0.6 is 0 Å². The molecular weight excluding hydrogens is 196 g/mol. The summed E-state index contributed by atoms with van der Waals surface area (Å²) >= 11 is 0. The van der Waals surface area contributed by atoms with Crippen molar-refractivity contribution in [3.05, 3.63) is 47.5 Å². The maximum Gasteiger partial charge on any atom is 0.119 e. The van der Waals surface area contributed by atoms with Gasteiger partial charge >= 0.3 is 0 Å². The van der Waals surface area contributed by atoms with E-state index in [0.29, 0.717) is 0 Å². The Morgan fingerprint density at radius 1 is 1.06 bits per heavy atom. The van der Waals surface area contributed by atoms with Crippen LogP contribution in [0.15, 0.2) is 36.4 Å². The van der Waals surface area contributed by atoms with Crippen molar-refractivity contribution in [1.82, 2.24) is 0 Å². The lowest BCUT2D eigenvalue weighted by atomic mass is 9.94. The van der Waals surface area contributed by atoms with Crippen LogP contribution < -0.4 is 4.74 Å². The van der Waals surface area contributed by atoms with Gasteiger partial charge in [0.25, 0.3) is 0 Å². The van der Waals surface area contributed by atoms with E-state index in [-0.39, 0.29) is 0 Å². The highest BCUT2D eigenvalue weighted by molar-refractivity contribution is 5.87. The lowest BCUT2D eigenvalue weighted by Crippen LogP contribution is -1.94. The predicted octanol–water partition coefficient (Wildman–Crippen LogP) is 3.81. The van der Waals surface area contributed by atoms with Crippen molar-refractivity contribution in [3.63, 3.8) is 0 Å². The fourth-order valence-electron chi connectivity index (χ4n) is 2.29. The van der Waals surface area contributed by atoms with Gasteiger partial charge < -0.3 is 4.74 Å². The monoisotopic (exact) mass is 210 g/mol. The largest absolute Gasteiger partial charge is 0.497 e. The molecule has 3 rings (SSSR count). The fourth-order valence-corrected chi connectivity index (χ4v) is 2.29. The maximum atomic E-state index is 5.25. The Kier molecular flexibility index (Phi) is 2.17. The van der Waals surface area contributed by atoms with Crippen LogP contribution in [0.1, 0.15) is 17.5 Å². The van der Waals surface area contributed by atoms with Gasteiger partial charge in [-0.1, -0.05) is 24.3 Å². The summed E-state index contributed by atoms with van der Waals surface area (Å²) in [6.45, 7) is 0. The molecule has 0 unspecified atom stereocenters. The topological polar surface area (TPSA) is 9.23 Å². The number of hydrogen-bond donors (Lipinski definition) is 0. The molecule has 0 fully saturated rings. The van der Waals surface area contributed by atoms with Crippen molar-refractivity contribution in [2.45, 2.75) is 12.8 Å². The minimum absolute atomic E-state index is 0.923. The number of rotatable bonds is 1. The van der Waals surface area contributed by atoms with E-state index in [1.54, 1.807) is 7.11 Å². The highest BCUT2D eigenvalue weighted by Gasteiger charge is 2.06. The summed E-state index contributed by atoms with van der Waals surface area (Å²) in [7, 11) is 1.71. The molecule has 0 radical (unpaired) electrons. The summed E-state index contributed by atoms with van der Waals surface area (Å²) in [6.07, 6.45) is 6.79. The number of allylic oxidation sites excluding steroid dienone is 1. The maximum absolute atomic E-state index is 5.25. The summed E-state index contributed by atoms with van der Waals surface area (Å²) < 4.78 is 5.25. The number of fused-ring (bicyclic) bond motifs is 2. The second-order valence-corrected chi connectivity index (χ2v) is 4.21. The Hall–Kier alpha value is -1.76. The van der Waals surface area contributed by atoms with Gasteiger partial charge in [0, 0.05) is 0 Å². The molecule has 2 aromatic carbocycles. The molecule has 16 heavy (non-hydrogen) atoms. The lowest BCUT2D eigenvalue weighted by Gasteiger charge is -2.12. The molecule has 1 nitrogen and oxygen atoms in total. The third-order valence-electron chi connectivity index (χ3n) is 3.18. The van der Waals surface area contributed by atoms with Gasteiger partial charge in [0.1, 0.15) is 5.75 Å². The molecule has 0 N–H and O–H groups in total. The minimum Gasteiger partial charge on any atom is -0.497 e. The molecule has 1 aliphatic rings. The molecule has 0 spiro atoms. The van der Waals surface area contributed by atoms with Gasteiger partial charge in [-0.05, 0) is 52.9 Å². The van der Waals surface area contributed by atoms with E-state index in [1.165, 1.54) is 21.9 Å². The van der Waals surface area contributed by atoms with Crippen LogP contribution in [0.3, 0.4) is 0 Å². The molecule has 2 aromatic rings. The standard InChI is InChI=1S/C15H14O/c1-16-15-7-6-13-8-11-4-2-3-5-12(11)9-14(13)10-15/h3,5-10H,2,4H2,1H3. The quantitative estimate of drug-likeness (QED) is 0.695. The summed E-state index contributed by atoms with van der Waals surface area (Å²) in [4.78, 5) is 0. The molecule has 0 atom stereocenters. The van der Waals surface area contributed by atoms with E-state index in [9.17, 15) is 0 Å². The molecule has 1 heteroatoms.